The van der Waals surface area contributed by atoms with E-state index in [9.17, 15) is 10.1 Å². The number of benzene rings is 2. The van der Waals surface area contributed by atoms with Gasteiger partial charge in [-0.15, -0.1) is 0 Å². The fourth-order valence-electron chi connectivity index (χ4n) is 2.05. The van der Waals surface area contributed by atoms with Crippen molar-refractivity contribution in [1.29, 1.82) is 0 Å². The summed E-state index contributed by atoms with van der Waals surface area (Å²) < 4.78 is 15.4. The summed E-state index contributed by atoms with van der Waals surface area (Å²) in [5, 5.41) is 11.3. The first-order chi connectivity index (χ1) is 10.1. The van der Waals surface area contributed by atoms with E-state index in [2.05, 4.69) is 0 Å². The van der Waals surface area contributed by atoms with E-state index < -0.39 is 4.92 Å². The third-order valence-corrected chi connectivity index (χ3v) is 3.09. The van der Waals surface area contributed by atoms with Gasteiger partial charge in [0.05, 0.1) is 32.3 Å². The van der Waals surface area contributed by atoms with E-state index in [1.165, 1.54) is 20.3 Å². The third-order valence-electron chi connectivity index (χ3n) is 3.09. The van der Waals surface area contributed by atoms with Gasteiger partial charge in [0, 0.05) is 6.07 Å². The number of hydrogen-bond acceptors (Lipinski definition) is 5. The van der Waals surface area contributed by atoms with Crippen molar-refractivity contribution in [3.8, 4) is 28.4 Å². The molecule has 2 aromatic carbocycles. The summed E-state index contributed by atoms with van der Waals surface area (Å²) in [4.78, 5) is 10.9. The lowest BCUT2D eigenvalue weighted by molar-refractivity contribution is -0.384. The van der Waals surface area contributed by atoms with Gasteiger partial charge in [-0.2, -0.15) is 0 Å². The molecule has 0 saturated carbocycles. The van der Waals surface area contributed by atoms with Crippen molar-refractivity contribution < 1.29 is 19.1 Å². The third kappa shape index (κ3) is 2.89. The number of ether oxygens (including phenoxy) is 3. The van der Waals surface area contributed by atoms with E-state index in [4.69, 9.17) is 14.2 Å². The fourth-order valence-corrected chi connectivity index (χ4v) is 2.05. The van der Waals surface area contributed by atoms with Crippen LogP contribution in [0.4, 0.5) is 5.69 Å². The lowest BCUT2D eigenvalue weighted by atomic mass is 10.0. The molecule has 0 radical (unpaired) electrons. The number of nitrogens with zero attached hydrogens (tertiary/aromatic N) is 1. The Morgan fingerprint density at radius 3 is 2.00 bits per heavy atom. The van der Waals surface area contributed by atoms with Crippen molar-refractivity contribution in [2.75, 3.05) is 21.3 Å². The Morgan fingerprint density at radius 2 is 1.52 bits per heavy atom. The fraction of sp³-hybridized carbons (Fsp3) is 0.200. The van der Waals surface area contributed by atoms with E-state index in [0.29, 0.717) is 28.4 Å². The number of nitro benzene ring substituents is 1. The average Bonchev–Trinajstić information content (AvgIpc) is 2.53. The minimum absolute atomic E-state index is 0.0728. The standard InChI is InChI=1S/C15H15NO5/c1-19-11-6-4-10(5-7-11)15-13(16(17)18)8-12(20-2)9-14(15)21-3/h4-9H,1-3H3. The highest BCUT2D eigenvalue weighted by atomic mass is 16.6. The predicted octanol–water partition coefficient (Wildman–Crippen LogP) is 3.29. The molecule has 0 unspecified atom stereocenters. The second kappa shape index (κ2) is 6.13. The highest BCUT2D eigenvalue weighted by Crippen LogP contribution is 2.41. The van der Waals surface area contributed by atoms with Crippen molar-refractivity contribution in [2.24, 2.45) is 0 Å². The van der Waals surface area contributed by atoms with Crippen LogP contribution in [0.3, 0.4) is 0 Å². The Bertz CT molecular complexity index is 652. The molecule has 2 aromatic rings. The lowest BCUT2D eigenvalue weighted by Gasteiger charge is -2.12. The summed E-state index contributed by atoms with van der Waals surface area (Å²) in [7, 11) is 4.47. The Kier molecular flexibility index (Phi) is 4.27. The van der Waals surface area contributed by atoms with Crippen LogP contribution in [0.25, 0.3) is 11.1 Å². The van der Waals surface area contributed by atoms with Crippen LogP contribution in [0.5, 0.6) is 17.2 Å². The molecule has 0 aliphatic rings. The molecule has 0 saturated heterocycles. The average molecular weight is 289 g/mol. The highest BCUT2D eigenvalue weighted by Gasteiger charge is 2.22. The SMILES string of the molecule is COc1ccc(-c2c(OC)cc(OC)cc2[N+](=O)[O-])cc1. The topological polar surface area (TPSA) is 70.8 Å². The van der Waals surface area contributed by atoms with E-state index in [-0.39, 0.29) is 5.69 Å². The second-order valence-electron chi connectivity index (χ2n) is 4.21. The van der Waals surface area contributed by atoms with Gasteiger partial charge in [0.15, 0.2) is 0 Å². The first kappa shape index (κ1) is 14.6. The van der Waals surface area contributed by atoms with Crippen LogP contribution in [0, 0.1) is 10.1 Å². The van der Waals surface area contributed by atoms with Crippen LogP contribution in [0.15, 0.2) is 36.4 Å². The largest absolute Gasteiger partial charge is 0.497 e. The first-order valence-corrected chi connectivity index (χ1v) is 6.15. The molecule has 0 spiro atoms. The zero-order valence-electron chi connectivity index (χ0n) is 12.0. The minimum atomic E-state index is -0.454. The van der Waals surface area contributed by atoms with Crippen molar-refractivity contribution >= 4 is 5.69 Å². The summed E-state index contributed by atoms with van der Waals surface area (Å²) in [6, 6.07) is 9.96. The summed E-state index contributed by atoms with van der Waals surface area (Å²) in [5.74, 6) is 1.43. The Morgan fingerprint density at radius 1 is 0.905 bits per heavy atom. The van der Waals surface area contributed by atoms with E-state index >= 15 is 0 Å². The molecule has 0 aromatic heterocycles. The maximum absolute atomic E-state index is 11.3. The van der Waals surface area contributed by atoms with Gasteiger partial charge >= 0.3 is 0 Å². The molecule has 0 aliphatic carbocycles. The molecule has 0 N–H and O–H groups in total. The summed E-state index contributed by atoms with van der Waals surface area (Å²) in [5.41, 5.74) is 1.00. The van der Waals surface area contributed by atoms with Crippen LogP contribution in [-0.2, 0) is 0 Å². The molecule has 0 heterocycles. The number of rotatable bonds is 5. The van der Waals surface area contributed by atoms with E-state index in [1.807, 2.05) is 0 Å². The van der Waals surface area contributed by atoms with Crippen molar-refractivity contribution in [2.45, 2.75) is 0 Å². The zero-order valence-corrected chi connectivity index (χ0v) is 12.0. The van der Waals surface area contributed by atoms with Crippen LogP contribution < -0.4 is 14.2 Å². The van der Waals surface area contributed by atoms with Crippen LogP contribution in [-0.4, -0.2) is 26.3 Å². The smallest absolute Gasteiger partial charge is 0.284 e. The molecule has 0 bridgehead atoms. The minimum Gasteiger partial charge on any atom is -0.497 e. The molecule has 2 rings (SSSR count). The summed E-state index contributed by atoms with van der Waals surface area (Å²) >= 11 is 0. The Labute approximate surface area is 122 Å². The van der Waals surface area contributed by atoms with Gasteiger partial charge in [-0.05, 0) is 17.7 Å². The Balaban J connectivity index is 2.66. The molecule has 0 fully saturated rings. The molecule has 6 heteroatoms. The molecule has 6 nitrogen and oxygen atoms in total. The number of hydrogen-bond donors (Lipinski definition) is 0. The monoisotopic (exact) mass is 289 g/mol. The van der Waals surface area contributed by atoms with Crippen LogP contribution >= 0.6 is 0 Å². The Hall–Kier alpha value is -2.76. The lowest BCUT2D eigenvalue weighted by Crippen LogP contribution is -1.97. The van der Waals surface area contributed by atoms with Gasteiger partial charge in [-0.3, -0.25) is 10.1 Å². The molecule has 110 valence electrons. The van der Waals surface area contributed by atoms with Gasteiger partial charge < -0.3 is 14.2 Å². The van der Waals surface area contributed by atoms with Gasteiger partial charge in [-0.1, -0.05) is 12.1 Å². The molecular weight excluding hydrogens is 274 g/mol. The van der Waals surface area contributed by atoms with Crippen molar-refractivity contribution in [3.05, 3.63) is 46.5 Å². The molecule has 21 heavy (non-hydrogen) atoms. The molecule has 0 atom stereocenters. The van der Waals surface area contributed by atoms with Gasteiger partial charge in [0.1, 0.15) is 22.8 Å². The van der Waals surface area contributed by atoms with Crippen molar-refractivity contribution in [3.63, 3.8) is 0 Å². The van der Waals surface area contributed by atoms with E-state index in [1.54, 1.807) is 37.4 Å². The maximum Gasteiger partial charge on any atom is 0.284 e. The van der Waals surface area contributed by atoms with Crippen molar-refractivity contribution in [1.82, 2.24) is 0 Å². The highest BCUT2D eigenvalue weighted by molar-refractivity contribution is 5.81. The first-order valence-electron chi connectivity index (χ1n) is 6.15. The van der Waals surface area contributed by atoms with Crippen LogP contribution in [0.2, 0.25) is 0 Å². The molecule has 0 aliphatic heterocycles. The van der Waals surface area contributed by atoms with Crippen LogP contribution in [0.1, 0.15) is 0 Å². The quantitative estimate of drug-likeness (QED) is 0.624. The zero-order chi connectivity index (χ0) is 15.4. The maximum atomic E-state index is 11.3. The van der Waals surface area contributed by atoms with Gasteiger partial charge in [0.2, 0.25) is 0 Å². The summed E-state index contributed by atoms with van der Waals surface area (Å²) in [6.07, 6.45) is 0. The van der Waals surface area contributed by atoms with Gasteiger partial charge in [-0.25, -0.2) is 0 Å². The number of nitro groups is 1. The number of methoxy groups -OCH3 is 3. The van der Waals surface area contributed by atoms with E-state index in [0.717, 1.165) is 0 Å². The summed E-state index contributed by atoms with van der Waals surface area (Å²) in [6.45, 7) is 0. The predicted molar refractivity (Wildman–Crippen MR) is 78.2 cm³/mol. The van der Waals surface area contributed by atoms with Gasteiger partial charge in [0.25, 0.3) is 5.69 Å². The normalized spacial score (nSPS) is 10.0. The molecule has 0 amide bonds. The molecular formula is C15H15NO5. The second-order valence-corrected chi connectivity index (χ2v) is 4.21.